The predicted molar refractivity (Wildman–Crippen MR) is 72.7 cm³/mol. The number of rotatable bonds is 4. The van der Waals surface area contributed by atoms with E-state index in [0.29, 0.717) is 10.6 Å². The Bertz CT molecular complexity index is 455. The van der Waals surface area contributed by atoms with E-state index in [4.69, 9.17) is 11.6 Å². The van der Waals surface area contributed by atoms with Crippen LogP contribution in [-0.4, -0.2) is 17.0 Å². The van der Waals surface area contributed by atoms with Gasteiger partial charge in [-0.2, -0.15) is 0 Å². The minimum absolute atomic E-state index is 0.00569. The summed E-state index contributed by atoms with van der Waals surface area (Å²) < 4.78 is 13.1. The molecule has 1 fully saturated rings. The number of carbonyl (C=O) groups excluding carboxylic acids is 1. The lowest BCUT2D eigenvalue weighted by Crippen LogP contribution is -2.32. The summed E-state index contributed by atoms with van der Waals surface area (Å²) in [4.78, 5) is 12.0. The number of benzene rings is 1. The Morgan fingerprint density at radius 1 is 1.37 bits per heavy atom. The van der Waals surface area contributed by atoms with Gasteiger partial charge in [0, 0.05) is 11.4 Å². The molecule has 1 N–H and O–H groups in total. The van der Waals surface area contributed by atoms with Crippen LogP contribution in [0.3, 0.4) is 0 Å². The van der Waals surface area contributed by atoms with Crippen molar-refractivity contribution < 1.29 is 14.3 Å². The molecule has 0 saturated heterocycles. The number of aliphatic hydroxyl groups is 1. The molecule has 0 amide bonds. The zero-order valence-corrected chi connectivity index (χ0v) is 11.5. The van der Waals surface area contributed by atoms with Crippen LogP contribution in [0.2, 0.25) is 5.02 Å². The van der Waals surface area contributed by atoms with E-state index in [2.05, 4.69) is 0 Å². The summed E-state index contributed by atoms with van der Waals surface area (Å²) in [6.45, 7) is 0. The fourth-order valence-corrected chi connectivity index (χ4v) is 2.87. The molecule has 0 aromatic heterocycles. The van der Waals surface area contributed by atoms with Crippen molar-refractivity contribution >= 4 is 17.4 Å². The summed E-state index contributed by atoms with van der Waals surface area (Å²) in [7, 11) is 0. The summed E-state index contributed by atoms with van der Waals surface area (Å²) in [6.07, 6.45) is 4.14. The number of aliphatic hydroxyl groups excluding tert-OH is 1. The lowest BCUT2D eigenvalue weighted by molar-refractivity contribution is -0.129. The predicted octanol–water partition coefficient (Wildman–Crippen LogP) is 3.53. The monoisotopic (exact) mass is 284 g/mol. The third-order valence-corrected chi connectivity index (χ3v) is 4.17. The molecule has 1 aromatic rings. The molecule has 1 unspecified atom stereocenters. The highest BCUT2D eigenvalue weighted by molar-refractivity contribution is 6.31. The van der Waals surface area contributed by atoms with Gasteiger partial charge in [-0.1, -0.05) is 30.9 Å². The van der Waals surface area contributed by atoms with Crippen LogP contribution in [0, 0.1) is 11.7 Å². The first-order valence-corrected chi connectivity index (χ1v) is 7.10. The van der Waals surface area contributed by atoms with Crippen LogP contribution in [-0.2, 0) is 11.2 Å². The van der Waals surface area contributed by atoms with Crippen LogP contribution in [0.5, 0.6) is 0 Å². The summed E-state index contributed by atoms with van der Waals surface area (Å²) in [6, 6.07) is 3.95. The van der Waals surface area contributed by atoms with E-state index in [1.165, 1.54) is 24.6 Å². The maximum atomic E-state index is 13.1. The minimum atomic E-state index is -0.945. The molecular weight excluding hydrogens is 267 g/mol. The maximum absolute atomic E-state index is 13.1. The number of ketones is 1. The van der Waals surface area contributed by atoms with Gasteiger partial charge < -0.3 is 5.11 Å². The summed E-state index contributed by atoms with van der Waals surface area (Å²) in [5, 5.41) is 10.4. The Kier molecular flexibility index (Phi) is 4.94. The lowest BCUT2D eigenvalue weighted by atomic mass is 9.83. The molecule has 0 bridgehead atoms. The quantitative estimate of drug-likeness (QED) is 0.918. The van der Waals surface area contributed by atoms with Crippen molar-refractivity contribution in [1.29, 1.82) is 0 Å². The molecule has 1 aromatic carbocycles. The van der Waals surface area contributed by atoms with E-state index in [-0.39, 0.29) is 18.1 Å². The second-order valence-corrected chi connectivity index (χ2v) is 5.63. The van der Waals surface area contributed by atoms with Crippen molar-refractivity contribution in [3.05, 3.63) is 34.6 Å². The molecule has 1 aliphatic carbocycles. The van der Waals surface area contributed by atoms with Crippen molar-refractivity contribution in [2.24, 2.45) is 5.92 Å². The van der Waals surface area contributed by atoms with Crippen molar-refractivity contribution in [3.8, 4) is 0 Å². The van der Waals surface area contributed by atoms with E-state index < -0.39 is 11.9 Å². The van der Waals surface area contributed by atoms with Gasteiger partial charge >= 0.3 is 0 Å². The van der Waals surface area contributed by atoms with Gasteiger partial charge in [-0.3, -0.25) is 4.79 Å². The topological polar surface area (TPSA) is 37.3 Å². The first-order valence-electron chi connectivity index (χ1n) is 6.72. The van der Waals surface area contributed by atoms with Gasteiger partial charge in [-0.25, -0.2) is 4.39 Å². The average Bonchev–Trinajstić information content (AvgIpc) is 2.43. The van der Waals surface area contributed by atoms with Crippen LogP contribution in [0.25, 0.3) is 0 Å². The Morgan fingerprint density at radius 2 is 2.05 bits per heavy atom. The van der Waals surface area contributed by atoms with Crippen molar-refractivity contribution in [2.75, 3.05) is 0 Å². The average molecular weight is 285 g/mol. The molecule has 1 aliphatic rings. The summed E-state index contributed by atoms with van der Waals surface area (Å²) >= 11 is 5.93. The molecule has 1 atom stereocenters. The molecule has 0 aliphatic heterocycles. The van der Waals surface area contributed by atoms with Gasteiger partial charge in [0.15, 0.2) is 5.78 Å². The smallest absolute Gasteiger partial charge is 0.165 e. The Morgan fingerprint density at radius 3 is 2.74 bits per heavy atom. The molecular formula is C15H18ClFO2. The molecule has 0 radical (unpaired) electrons. The molecule has 104 valence electrons. The molecule has 19 heavy (non-hydrogen) atoms. The SMILES string of the molecule is O=C(Cc1cc(F)ccc1Cl)C(O)C1CCCCC1. The minimum Gasteiger partial charge on any atom is -0.385 e. The third kappa shape index (κ3) is 3.77. The van der Waals surface area contributed by atoms with Gasteiger partial charge in [0.25, 0.3) is 0 Å². The van der Waals surface area contributed by atoms with E-state index in [9.17, 15) is 14.3 Å². The highest BCUT2D eigenvalue weighted by Gasteiger charge is 2.27. The zero-order chi connectivity index (χ0) is 13.8. The van der Waals surface area contributed by atoms with E-state index >= 15 is 0 Å². The van der Waals surface area contributed by atoms with Crippen LogP contribution in [0.15, 0.2) is 18.2 Å². The maximum Gasteiger partial charge on any atom is 0.165 e. The third-order valence-electron chi connectivity index (χ3n) is 3.80. The standard InChI is InChI=1S/C15H18ClFO2/c16-13-7-6-12(17)8-11(13)9-14(18)15(19)10-4-2-1-3-5-10/h6-8,10,15,19H,1-5,9H2. The van der Waals surface area contributed by atoms with Crippen molar-refractivity contribution in [2.45, 2.75) is 44.6 Å². The van der Waals surface area contributed by atoms with Gasteiger partial charge in [0.05, 0.1) is 0 Å². The second kappa shape index (κ2) is 6.49. The normalized spacial score (nSPS) is 18.3. The summed E-state index contributed by atoms with van der Waals surface area (Å²) in [5.41, 5.74) is 0.446. The number of halogens is 2. The molecule has 1 saturated carbocycles. The highest BCUT2D eigenvalue weighted by atomic mass is 35.5. The fourth-order valence-electron chi connectivity index (χ4n) is 2.68. The van der Waals surface area contributed by atoms with E-state index in [0.717, 1.165) is 25.7 Å². The molecule has 0 heterocycles. The Labute approximate surface area is 117 Å². The number of carbonyl (C=O) groups is 1. The molecule has 2 rings (SSSR count). The number of Topliss-reactive ketones (excluding diaryl/α,β-unsaturated/α-hetero) is 1. The first-order chi connectivity index (χ1) is 9.08. The van der Waals surface area contributed by atoms with Crippen molar-refractivity contribution in [3.63, 3.8) is 0 Å². The first kappa shape index (κ1) is 14.5. The van der Waals surface area contributed by atoms with Gasteiger partial charge in [0.1, 0.15) is 11.9 Å². The Hall–Kier alpha value is -0.930. The van der Waals surface area contributed by atoms with Crippen molar-refractivity contribution in [1.82, 2.24) is 0 Å². The largest absolute Gasteiger partial charge is 0.385 e. The lowest BCUT2D eigenvalue weighted by Gasteiger charge is -2.25. The van der Waals surface area contributed by atoms with Crippen LogP contribution in [0.4, 0.5) is 4.39 Å². The molecule has 0 spiro atoms. The van der Waals surface area contributed by atoms with Crippen LogP contribution in [0.1, 0.15) is 37.7 Å². The van der Waals surface area contributed by atoms with Crippen LogP contribution >= 0.6 is 11.6 Å². The fraction of sp³-hybridized carbons (Fsp3) is 0.533. The number of hydrogen-bond donors (Lipinski definition) is 1. The van der Waals surface area contributed by atoms with E-state index in [1.54, 1.807) is 0 Å². The highest BCUT2D eigenvalue weighted by Crippen LogP contribution is 2.28. The van der Waals surface area contributed by atoms with Gasteiger partial charge in [-0.05, 0) is 42.5 Å². The Balaban J connectivity index is 2.01. The van der Waals surface area contributed by atoms with Crippen LogP contribution < -0.4 is 0 Å². The number of hydrogen-bond acceptors (Lipinski definition) is 2. The molecule has 4 heteroatoms. The molecule has 2 nitrogen and oxygen atoms in total. The van der Waals surface area contributed by atoms with E-state index in [1.807, 2.05) is 0 Å². The second-order valence-electron chi connectivity index (χ2n) is 5.22. The van der Waals surface area contributed by atoms with Gasteiger partial charge in [-0.15, -0.1) is 0 Å². The summed E-state index contributed by atoms with van der Waals surface area (Å²) in [5.74, 6) is -0.632. The zero-order valence-electron chi connectivity index (χ0n) is 10.7. The van der Waals surface area contributed by atoms with Gasteiger partial charge in [0.2, 0.25) is 0 Å².